The zero-order chi connectivity index (χ0) is 12.4. The molecule has 0 fully saturated rings. The van der Waals surface area contributed by atoms with Gasteiger partial charge >= 0.3 is 5.97 Å². The van der Waals surface area contributed by atoms with Crippen LogP contribution in [0.25, 0.3) is 10.1 Å². The van der Waals surface area contributed by atoms with E-state index in [-0.39, 0.29) is 12.5 Å². The second-order valence-electron chi connectivity index (χ2n) is 4.06. The molecule has 0 aliphatic carbocycles. The molecule has 2 aromatic rings. The highest BCUT2D eigenvalue weighted by Gasteiger charge is 2.10. The zero-order valence-corrected chi connectivity index (χ0v) is 10.3. The van der Waals surface area contributed by atoms with Crippen LogP contribution in [0.3, 0.4) is 0 Å². The number of nitrogens with two attached hydrogens (primary N) is 1. The van der Waals surface area contributed by atoms with E-state index in [9.17, 15) is 4.79 Å². The van der Waals surface area contributed by atoms with Crippen LogP contribution in [0.5, 0.6) is 0 Å². The molecule has 5 heteroatoms. The van der Waals surface area contributed by atoms with Crippen LogP contribution in [0.2, 0.25) is 0 Å². The molecular formula is C12H14N2O2S. The maximum Gasteiger partial charge on any atom is 0.303 e. The average Bonchev–Trinajstić information content (AvgIpc) is 2.67. The number of rotatable bonds is 4. The number of nitrogens with zero attached hydrogens (tertiary/aromatic N) is 1. The molecule has 2 rings (SSSR count). The minimum atomic E-state index is -0.810. The maximum absolute atomic E-state index is 10.5. The van der Waals surface area contributed by atoms with E-state index in [2.05, 4.69) is 4.37 Å². The van der Waals surface area contributed by atoms with Crippen molar-refractivity contribution >= 4 is 27.6 Å². The number of carbonyl (C=O) groups is 1. The Balaban J connectivity index is 2.23. The molecule has 0 amide bonds. The highest BCUT2D eigenvalue weighted by molar-refractivity contribution is 7.13. The van der Waals surface area contributed by atoms with Gasteiger partial charge in [-0.15, -0.1) is 0 Å². The van der Waals surface area contributed by atoms with E-state index in [0.29, 0.717) is 6.42 Å². The first-order valence-corrected chi connectivity index (χ1v) is 6.18. The van der Waals surface area contributed by atoms with Gasteiger partial charge in [-0.3, -0.25) is 4.79 Å². The standard InChI is InChI=1S/C12H14N2O2S/c1-7-9-6-8(2-4-11(9)17-14-7)10(13)3-5-12(15)16/h2,4,6,10H,3,5,13H2,1H3,(H,15,16). The first kappa shape index (κ1) is 12.0. The van der Waals surface area contributed by atoms with Crippen LogP contribution in [0.15, 0.2) is 18.2 Å². The van der Waals surface area contributed by atoms with Gasteiger partial charge in [-0.1, -0.05) is 6.07 Å². The number of hydrogen-bond acceptors (Lipinski definition) is 4. The van der Waals surface area contributed by atoms with E-state index < -0.39 is 5.97 Å². The van der Waals surface area contributed by atoms with Crippen LogP contribution in [-0.4, -0.2) is 15.4 Å². The minimum Gasteiger partial charge on any atom is -0.481 e. The molecule has 0 bridgehead atoms. The second kappa shape index (κ2) is 4.81. The summed E-state index contributed by atoms with van der Waals surface area (Å²) >= 11 is 1.47. The smallest absolute Gasteiger partial charge is 0.303 e. The van der Waals surface area contributed by atoms with Gasteiger partial charge in [0, 0.05) is 17.8 Å². The van der Waals surface area contributed by atoms with Gasteiger partial charge in [-0.2, -0.15) is 4.37 Å². The number of carboxylic acid groups (broad SMARTS) is 1. The average molecular weight is 250 g/mol. The second-order valence-corrected chi connectivity index (χ2v) is 4.87. The molecular weight excluding hydrogens is 236 g/mol. The maximum atomic E-state index is 10.5. The lowest BCUT2D eigenvalue weighted by atomic mass is 10.0. The van der Waals surface area contributed by atoms with Gasteiger partial charge in [-0.05, 0) is 42.6 Å². The number of fused-ring (bicyclic) bond motifs is 1. The number of hydrogen-bond donors (Lipinski definition) is 2. The molecule has 0 saturated heterocycles. The van der Waals surface area contributed by atoms with Gasteiger partial charge in [0.2, 0.25) is 0 Å². The SMILES string of the molecule is Cc1nsc2ccc(C(N)CCC(=O)O)cc12. The van der Waals surface area contributed by atoms with Gasteiger partial charge in [-0.25, -0.2) is 0 Å². The summed E-state index contributed by atoms with van der Waals surface area (Å²) in [6, 6.07) is 5.73. The molecule has 1 aromatic carbocycles. The summed E-state index contributed by atoms with van der Waals surface area (Å²) in [5.41, 5.74) is 7.94. The Hall–Kier alpha value is -1.46. The first-order chi connectivity index (χ1) is 8.08. The summed E-state index contributed by atoms with van der Waals surface area (Å²) in [6.07, 6.45) is 0.553. The molecule has 4 nitrogen and oxygen atoms in total. The summed E-state index contributed by atoms with van der Waals surface area (Å²) in [5, 5.41) is 9.74. The third kappa shape index (κ3) is 2.62. The Morgan fingerprint density at radius 2 is 2.35 bits per heavy atom. The van der Waals surface area contributed by atoms with Gasteiger partial charge in [0.1, 0.15) is 0 Å². The minimum absolute atomic E-state index is 0.0973. The molecule has 0 aliphatic heterocycles. The van der Waals surface area contributed by atoms with Crippen molar-refractivity contribution in [3.8, 4) is 0 Å². The first-order valence-electron chi connectivity index (χ1n) is 5.41. The fraction of sp³-hybridized carbons (Fsp3) is 0.333. The monoisotopic (exact) mass is 250 g/mol. The van der Waals surface area contributed by atoms with Gasteiger partial charge < -0.3 is 10.8 Å². The van der Waals surface area contributed by atoms with Crippen molar-refractivity contribution in [2.24, 2.45) is 5.73 Å². The summed E-state index contributed by atoms with van der Waals surface area (Å²) < 4.78 is 5.41. The molecule has 1 unspecified atom stereocenters. The predicted molar refractivity (Wildman–Crippen MR) is 68.2 cm³/mol. The lowest BCUT2D eigenvalue weighted by molar-refractivity contribution is -0.137. The Morgan fingerprint density at radius 1 is 1.59 bits per heavy atom. The van der Waals surface area contributed by atoms with Gasteiger partial charge in [0.05, 0.1) is 10.4 Å². The van der Waals surface area contributed by atoms with Gasteiger partial charge in [0.15, 0.2) is 0 Å². The van der Waals surface area contributed by atoms with Crippen LogP contribution in [-0.2, 0) is 4.79 Å². The van der Waals surface area contributed by atoms with E-state index in [0.717, 1.165) is 21.3 Å². The molecule has 1 heterocycles. The number of aromatic nitrogens is 1. The fourth-order valence-corrected chi connectivity index (χ4v) is 2.52. The van der Waals surface area contributed by atoms with Crippen molar-refractivity contribution in [2.45, 2.75) is 25.8 Å². The van der Waals surface area contributed by atoms with E-state index >= 15 is 0 Å². The van der Waals surface area contributed by atoms with Crippen LogP contribution < -0.4 is 5.73 Å². The van der Waals surface area contributed by atoms with Crippen LogP contribution >= 0.6 is 11.5 Å². The third-order valence-electron chi connectivity index (χ3n) is 2.77. The normalized spacial score (nSPS) is 12.8. The van der Waals surface area contributed by atoms with Crippen LogP contribution in [0.4, 0.5) is 0 Å². The van der Waals surface area contributed by atoms with Crippen LogP contribution in [0.1, 0.15) is 30.1 Å². The highest BCUT2D eigenvalue weighted by Crippen LogP contribution is 2.26. The Morgan fingerprint density at radius 3 is 3.06 bits per heavy atom. The zero-order valence-electron chi connectivity index (χ0n) is 9.51. The summed E-state index contributed by atoms with van der Waals surface area (Å²) in [6.45, 7) is 1.96. The third-order valence-corrected chi connectivity index (χ3v) is 3.69. The molecule has 17 heavy (non-hydrogen) atoms. The quantitative estimate of drug-likeness (QED) is 0.874. The lowest BCUT2D eigenvalue weighted by Gasteiger charge is -2.10. The Kier molecular flexibility index (Phi) is 3.40. The van der Waals surface area contributed by atoms with Crippen molar-refractivity contribution in [3.05, 3.63) is 29.5 Å². The van der Waals surface area contributed by atoms with E-state index in [1.54, 1.807) is 0 Å². The number of aliphatic carboxylic acids is 1. The van der Waals surface area contributed by atoms with Crippen LogP contribution in [0, 0.1) is 6.92 Å². The fourth-order valence-electron chi connectivity index (χ4n) is 1.75. The number of carboxylic acids is 1. The van der Waals surface area contributed by atoms with Gasteiger partial charge in [0.25, 0.3) is 0 Å². The molecule has 0 aliphatic rings. The molecule has 1 atom stereocenters. The Bertz CT molecular complexity index is 550. The number of aryl methyl sites for hydroxylation is 1. The topological polar surface area (TPSA) is 76.2 Å². The lowest BCUT2D eigenvalue weighted by Crippen LogP contribution is -2.12. The summed E-state index contributed by atoms with van der Waals surface area (Å²) in [4.78, 5) is 10.5. The van der Waals surface area contributed by atoms with E-state index in [1.165, 1.54) is 11.5 Å². The van der Waals surface area contributed by atoms with Crippen molar-refractivity contribution < 1.29 is 9.90 Å². The van der Waals surface area contributed by atoms with Crippen molar-refractivity contribution in [3.63, 3.8) is 0 Å². The summed E-state index contributed by atoms with van der Waals surface area (Å²) in [7, 11) is 0. The van der Waals surface area contributed by atoms with Crippen molar-refractivity contribution in [1.82, 2.24) is 4.37 Å². The molecule has 90 valence electrons. The van der Waals surface area contributed by atoms with E-state index in [4.69, 9.17) is 10.8 Å². The largest absolute Gasteiger partial charge is 0.481 e. The molecule has 0 spiro atoms. The molecule has 3 N–H and O–H groups in total. The molecule has 0 radical (unpaired) electrons. The summed E-state index contributed by atoms with van der Waals surface area (Å²) in [5.74, 6) is -0.810. The molecule has 1 aromatic heterocycles. The van der Waals surface area contributed by atoms with E-state index in [1.807, 2.05) is 25.1 Å². The highest BCUT2D eigenvalue weighted by atomic mass is 32.1. The Labute approximate surface area is 103 Å². The number of benzene rings is 1. The molecule has 0 saturated carbocycles. The predicted octanol–water partition coefficient (Wildman–Crippen LogP) is 2.47. The van der Waals surface area contributed by atoms with Crippen molar-refractivity contribution in [2.75, 3.05) is 0 Å². The van der Waals surface area contributed by atoms with Crippen molar-refractivity contribution in [1.29, 1.82) is 0 Å².